The number of aliphatic hydroxyl groups excluding tert-OH is 4. The van der Waals surface area contributed by atoms with E-state index in [4.69, 9.17) is 24.7 Å². The molecule has 4 heterocycles. The lowest BCUT2D eigenvalue weighted by molar-refractivity contribution is -0.314. The van der Waals surface area contributed by atoms with Crippen LogP contribution in [0.5, 0.6) is 11.5 Å². The van der Waals surface area contributed by atoms with Crippen LogP contribution in [-0.2, 0) is 14.3 Å². The molecule has 16 heteroatoms. The fraction of sp³-hybridized carbons (Fsp3) is 0.488. The van der Waals surface area contributed by atoms with Crippen molar-refractivity contribution in [2.24, 2.45) is 5.73 Å². The van der Waals surface area contributed by atoms with Gasteiger partial charge in [0.1, 0.15) is 49.5 Å². The van der Waals surface area contributed by atoms with Crippen molar-refractivity contribution in [1.29, 1.82) is 0 Å². The van der Waals surface area contributed by atoms with E-state index >= 15 is 0 Å². The van der Waals surface area contributed by atoms with Gasteiger partial charge in [-0.25, -0.2) is 0 Å². The number of ether oxygens (including phenoxy) is 4. The lowest BCUT2D eigenvalue weighted by atomic mass is 9.76. The van der Waals surface area contributed by atoms with Crippen LogP contribution < -0.4 is 36.1 Å². The van der Waals surface area contributed by atoms with Gasteiger partial charge in [0.15, 0.2) is 23.1 Å². The Balaban J connectivity index is 1.27. The summed E-state index contributed by atoms with van der Waals surface area (Å²) in [5, 5.41) is 53.6. The Labute approximate surface area is 328 Å². The fourth-order valence-electron chi connectivity index (χ4n) is 9.66. The molecule has 1 spiro atoms. The number of ketones is 2. The molecular formula is C41H47N5O11. The van der Waals surface area contributed by atoms with E-state index in [1.165, 1.54) is 0 Å². The number of amides is 1. The molecular weight excluding hydrogens is 738 g/mol. The Morgan fingerprint density at radius 2 is 1.63 bits per heavy atom. The standard InChI is InChI=1S/C41H47N5O11/c42-40-44-37-28(38(53)45-40)43-19-46(37)26-11-5-4-8-21(26)20-12-16-55-41(13-6-1-7-14-41)36-32(51)31(50)33(52)39(57-36)56-34-24(20)18-25-27(35(34)54-17-15-47)30(49)23-10-3-2-9-22(23)29(25)48/h2-5,8-11,18,20,28,31-33,36-37,39-40,43-44,47,50-52H,1,6-7,12-17,19,42H2,(H,45,53). The number of aliphatic hydroxyl groups is 4. The van der Waals surface area contributed by atoms with Crippen LogP contribution in [0.4, 0.5) is 5.69 Å². The van der Waals surface area contributed by atoms with Crippen LogP contribution in [-0.4, -0.2) is 119 Å². The van der Waals surface area contributed by atoms with E-state index in [1.54, 1.807) is 30.3 Å². The van der Waals surface area contributed by atoms with Crippen molar-refractivity contribution >= 4 is 23.2 Å². The zero-order valence-corrected chi connectivity index (χ0v) is 31.1. The van der Waals surface area contributed by atoms with Crippen LogP contribution in [0, 0.1) is 0 Å². The van der Waals surface area contributed by atoms with E-state index in [-0.39, 0.29) is 66.0 Å². The molecule has 6 aliphatic rings. The van der Waals surface area contributed by atoms with Gasteiger partial charge in [-0.1, -0.05) is 61.7 Å². The molecule has 0 aromatic heterocycles. The minimum absolute atomic E-state index is 0.0388. The van der Waals surface area contributed by atoms with E-state index in [2.05, 4.69) is 16.0 Å². The molecule has 9 N–H and O–H groups in total. The van der Waals surface area contributed by atoms with Crippen molar-refractivity contribution in [2.75, 3.05) is 31.4 Å². The van der Waals surface area contributed by atoms with Crippen LogP contribution in [0.2, 0.25) is 0 Å². The summed E-state index contributed by atoms with van der Waals surface area (Å²) in [6, 6.07) is 15.1. The Morgan fingerprint density at radius 1 is 0.895 bits per heavy atom. The average molecular weight is 786 g/mol. The molecule has 57 heavy (non-hydrogen) atoms. The van der Waals surface area contributed by atoms with Gasteiger partial charge in [-0.15, -0.1) is 0 Å². The maximum Gasteiger partial charge on any atom is 0.242 e. The summed E-state index contributed by atoms with van der Waals surface area (Å²) in [7, 11) is 0. The van der Waals surface area contributed by atoms with Crippen LogP contribution in [0.15, 0.2) is 54.6 Å². The van der Waals surface area contributed by atoms with Gasteiger partial charge in [0.05, 0.1) is 24.4 Å². The first-order valence-electron chi connectivity index (χ1n) is 19.7. The van der Waals surface area contributed by atoms with Crippen molar-refractivity contribution in [3.63, 3.8) is 0 Å². The van der Waals surface area contributed by atoms with E-state index in [0.29, 0.717) is 18.4 Å². The second kappa shape index (κ2) is 15.0. The van der Waals surface area contributed by atoms with Crippen LogP contribution in [0.3, 0.4) is 0 Å². The highest BCUT2D eigenvalue weighted by molar-refractivity contribution is 6.29. The number of hydrogen-bond acceptors (Lipinski definition) is 15. The number of hydrogen-bond donors (Lipinski definition) is 8. The Bertz CT molecular complexity index is 2080. The molecule has 2 bridgehead atoms. The minimum Gasteiger partial charge on any atom is -0.486 e. The predicted octanol–water partition coefficient (Wildman–Crippen LogP) is 0.298. The molecule has 9 rings (SSSR count). The van der Waals surface area contributed by atoms with E-state index in [9.17, 15) is 34.8 Å². The number of anilines is 1. The summed E-state index contributed by atoms with van der Waals surface area (Å²) in [6.45, 7) is -0.308. The lowest BCUT2D eigenvalue weighted by Gasteiger charge is -2.50. The second-order valence-corrected chi connectivity index (χ2v) is 15.6. The monoisotopic (exact) mass is 785 g/mol. The number of carbonyl (C=O) groups is 3. The number of nitrogens with one attached hydrogen (secondary N) is 3. The molecule has 3 aromatic carbocycles. The number of rotatable bonds is 5. The topological polar surface area (TPSA) is 234 Å². The highest BCUT2D eigenvalue weighted by Gasteiger charge is 2.56. The van der Waals surface area contributed by atoms with Gasteiger partial charge in [0.25, 0.3) is 0 Å². The molecule has 2 aliphatic carbocycles. The van der Waals surface area contributed by atoms with Crippen molar-refractivity contribution < 1.29 is 53.8 Å². The number of nitrogens with two attached hydrogens (primary N) is 1. The van der Waals surface area contributed by atoms with Crippen LogP contribution in [0.1, 0.15) is 87.4 Å². The van der Waals surface area contributed by atoms with Gasteiger partial charge in [-0.2, -0.15) is 0 Å². The average Bonchev–Trinajstić information content (AvgIpc) is 3.64. The Hall–Kier alpha value is -4.49. The molecule has 0 radical (unpaired) electrons. The van der Waals surface area contributed by atoms with E-state index in [0.717, 1.165) is 30.5 Å². The summed E-state index contributed by atoms with van der Waals surface area (Å²) < 4.78 is 26.2. The van der Waals surface area contributed by atoms with Crippen molar-refractivity contribution in [3.05, 3.63) is 88.0 Å². The normalized spacial score (nSPS) is 31.9. The van der Waals surface area contributed by atoms with E-state index < -0.39 is 78.9 Å². The minimum atomic E-state index is -1.75. The third-order valence-corrected chi connectivity index (χ3v) is 12.4. The number of fused-ring (bicyclic) bond motifs is 7. The predicted molar refractivity (Wildman–Crippen MR) is 202 cm³/mol. The number of carbonyl (C=O) groups excluding carboxylic acids is 3. The zero-order valence-electron chi connectivity index (χ0n) is 31.1. The molecule has 3 saturated heterocycles. The molecule has 302 valence electrons. The first kappa shape index (κ1) is 38.1. The van der Waals surface area contributed by atoms with Gasteiger partial charge < -0.3 is 49.6 Å². The molecule has 1 amide bonds. The van der Waals surface area contributed by atoms with Crippen LogP contribution >= 0.6 is 0 Å². The highest BCUT2D eigenvalue weighted by Crippen LogP contribution is 2.51. The molecule has 9 atom stereocenters. The molecule has 3 aromatic rings. The Kier molecular flexibility index (Phi) is 10.0. The summed E-state index contributed by atoms with van der Waals surface area (Å²) in [5.41, 5.74) is 7.39. The van der Waals surface area contributed by atoms with Gasteiger partial charge in [-0.3, -0.25) is 30.8 Å². The van der Waals surface area contributed by atoms with Gasteiger partial charge in [-0.05, 0) is 37.0 Å². The van der Waals surface area contributed by atoms with Crippen LogP contribution in [0.25, 0.3) is 0 Å². The highest BCUT2D eigenvalue weighted by atomic mass is 16.7. The van der Waals surface area contributed by atoms with E-state index in [1.807, 2.05) is 29.2 Å². The molecule has 1 saturated carbocycles. The first-order valence-corrected chi connectivity index (χ1v) is 19.7. The van der Waals surface area contributed by atoms with Gasteiger partial charge >= 0.3 is 0 Å². The van der Waals surface area contributed by atoms with Gasteiger partial charge in [0, 0.05) is 40.5 Å². The van der Waals surface area contributed by atoms with Crippen molar-refractivity contribution in [2.45, 2.75) is 99.2 Å². The van der Waals surface area contributed by atoms with Gasteiger partial charge in [0.2, 0.25) is 12.2 Å². The smallest absolute Gasteiger partial charge is 0.242 e. The summed E-state index contributed by atoms with van der Waals surface area (Å²) >= 11 is 0. The van der Waals surface area contributed by atoms with Crippen molar-refractivity contribution in [1.82, 2.24) is 16.0 Å². The zero-order chi connectivity index (χ0) is 39.6. The third kappa shape index (κ3) is 6.31. The maximum absolute atomic E-state index is 14.4. The summed E-state index contributed by atoms with van der Waals surface area (Å²) in [4.78, 5) is 43.8. The summed E-state index contributed by atoms with van der Waals surface area (Å²) in [5.74, 6) is -1.99. The second-order valence-electron chi connectivity index (χ2n) is 15.6. The van der Waals surface area contributed by atoms with Crippen molar-refractivity contribution in [3.8, 4) is 11.5 Å². The number of benzene rings is 3. The molecule has 16 nitrogen and oxygen atoms in total. The Morgan fingerprint density at radius 3 is 2.40 bits per heavy atom. The lowest BCUT2D eigenvalue weighted by Crippen LogP contribution is -2.70. The molecule has 9 unspecified atom stereocenters. The fourth-order valence-corrected chi connectivity index (χ4v) is 9.66. The summed E-state index contributed by atoms with van der Waals surface area (Å²) in [6.07, 6.45) is -5.10. The third-order valence-electron chi connectivity index (χ3n) is 12.4. The quantitative estimate of drug-likeness (QED) is 0.136. The first-order chi connectivity index (χ1) is 27.6. The number of nitrogens with zero attached hydrogens (tertiary/aromatic N) is 1. The number of para-hydroxylation sites is 1. The molecule has 4 aliphatic heterocycles. The largest absolute Gasteiger partial charge is 0.486 e. The molecule has 4 fully saturated rings. The SMILES string of the molecule is NC1NC(=O)C2NCN(c3ccccc3C3CCOC4(CCCCC4)C4OC(Oc5c3cc3c(c5OCCO)C(=O)c5ccccc5C3=O)C(O)C(O)C4O)C2N1. The maximum atomic E-state index is 14.4.